The number of nitro benzene ring substituents is 2. The molecular weight excluding hydrogens is 1190 g/mol. The number of aldehydes is 1. The molecule has 7 N–H and O–H groups in total. The molecular formula is C69H84N12O10S. The summed E-state index contributed by atoms with van der Waals surface area (Å²) in [7, 11) is 6.57. The molecule has 0 aromatic heterocycles. The lowest BCUT2D eigenvalue weighted by Gasteiger charge is -2.13. The molecule has 23 heteroatoms. The number of hydrogen-bond donors (Lipinski definition) is 5. The molecule has 0 bridgehead atoms. The monoisotopic (exact) mass is 1270 g/mol. The Morgan fingerprint density at radius 3 is 1.07 bits per heavy atom. The van der Waals surface area contributed by atoms with Gasteiger partial charge in [0.05, 0.1) is 62.0 Å². The Balaban J connectivity index is 0.000000556. The number of nitrogens with zero attached hydrogens (tertiary/aromatic N) is 7. The first kappa shape index (κ1) is 79.5. The normalized spacial score (nSPS) is 10.1. The van der Waals surface area contributed by atoms with Crippen LogP contribution in [0.5, 0.6) is 0 Å². The van der Waals surface area contributed by atoms with Crippen LogP contribution in [0.2, 0.25) is 0 Å². The average molecular weight is 1270 g/mol. The smallest absolute Gasteiger partial charge is 0.325 e. The van der Waals surface area contributed by atoms with Crippen molar-refractivity contribution in [3.8, 4) is 61.7 Å². The van der Waals surface area contributed by atoms with E-state index >= 15 is 0 Å². The van der Waals surface area contributed by atoms with Gasteiger partial charge in [0.15, 0.2) is 0 Å². The minimum Gasteiger partial charge on any atom is -0.465 e. The Kier molecular flexibility index (Phi) is 39.5. The number of carbonyl (C=O) groups is 3. The largest absolute Gasteiger partial charge is 0.465 e. The Bertz CT molecular complexity index is 3500. The third kappa shape index (κ3) is 38.7. The van der Waals surface area contributed by atoms with Gasteiger partial charge in [-0.15, -0.1) is 32.1 Å². The summed E-state index contributed by atoms with van der Waals surface area (Å²) < 4.78 is 29.3. The van der Waals surface area contributed by atoms with E-state index in [0.29, 0.717) is 63.4 Å². The summed E-state index contributed by atoms with van der Waals surface area (Å²) in [6.45, 7) is 9.52. The van der Waals surface area contributed by atoms with Crippen LogP contribution in [0, 0.1) is 81.9 Å². The van der Waals surface area contributed by atoms with Crippen LogP contribution >= 0.6 is 0 Å². The van der Waals surface area contributed by atoms with Gasteiger partial charge in [-0.1, -0.05) is 90.3 Å². The van der Waals surface area contributed by atoms with Gasteiger partial charge in [0, 0.05) is 85.3 Å². The summed E-state index contributed by atoms with van der Waals surface area (Å²) >= 11 is 0. The van der Waals surface area contributed by atoms with Gasteiger partial charge in [0.2, 0.25) is 15.9 Å². The van der Waals surface area contributed by atoms with Crippen LogP contribution in [0.1, 0.15) is 45.1 Å². The number of carbonyl (C=O) groups excluding carboxylic acids is 3. The zero-order chi connectivity index (χ0) is 68.9. The van der Waals surface area contributed by atoms with E-state index in [0.717, 1.165) is 60.6 Å². The first-order valence-electron chi connectivity index (χ1n) is 28.3. The standard InChI is InChI=1S/C15H20N2O2.C13H17N3O.C12H16N2O2S.C11H12N2O2.C11H14N2.C7H5NO3/c1-4-10-17(3)12-13-6-8-14(9-7-13)16-11-15(18)19-5-2;1-3-8-16(2)10-11-4-6-12(7-5-11)15-9-13(14)17;1-4-9-14(2)10-11-5-7-12(8-6-11)13-17(3,15)16;1-3-8-12(2)9-10-4-6-11(7-5-10)13(14)15;1-3-8-13(2)9-10-4-6-11(12)7-5-10;9-5-6-1-3-7(4-2-6)8(10)11/h1,6-9,16H,5,10-12H2,2-3H3;1,4-7,15H,8-10H2,2H3,(H2,14,17);1,5-8,13H,9-10H2,2-3H3;1,4-7H,8-9H2,2H3;1,4-7H,8-9,12H2,2H3;1-5H. The van der Waals surface area contributed by atoms with Gasteiger partial charge in [-0.25, -0.2) is 8.42 Å². The molecule has 22 nitrogen and oxygen atoms in total. The number of primary amides is 1. The Hall–Kier alpha value is -10.5. The highest BCUT2D eigenvalue weighted by Gasteiger charge is 2.08. The number of anilines is 4. The van der Waals surface area contributed by atoms with Gasteiger partial charge in [-0.2, -0.15) is 0 Å². The predicted octanol–water partition coefficient (Wildman–Crippen LogP) is 7.90. The van der Waals surface area contributed by atoms with Crippen molar-refractivity contribution >= 4 is 62.3 Å². The second-order valence-electron chi connectivity index (χ2n) is 20.5. The second-order valence-corrected chi connectivity index (χ2v) is 22.2. The molecule has 0 fully saturated rings. The molecule has 486 valence electrons. The highest BCUT2D eigenvalue weighted by Crippen LogP contribution is 2.16. The minimum atomic E-state index is -3.21. The maximum absolute atomic E-state index is 11.2. The van der Waals surface area contributed by atoms with Crippen molar-refractivity contribution in [3.63, 3.8) is 0 Å². The fraction of sp³-hybridized carbons (Fsp3) is 0.290. The third-order valence-corrected chi connectivity index (χ3v) is 12.4. The number of ether oxygens (including phenoxy) is 1. The maximum atomic E-state index is 11.2. The molecule has 92 heavy (non-hydrogen) atoms. The van der Waals surface area contributed by atoms with E-state index < -0.39 is 19.9 Å². The zero-order valence-corrected chi connectivity index (χ0v) is 54.1. The van der Waals surface area contributed by atoms with E-state index in [1.165, 1.54) is 53.1 Å². The van der Waals surface area contributed by atoms with E-state index in [9.17, 15) is 43.0 Å². The average Bonchev–Trinajstić information content (AvgIpc) is 1.68. The number of non-ortho nitro benzene ring substituents is 2. The van der Waals surface area contributed by atoms with Crippen molar-refractivity contribution in [3.05, 3.63) is 199 Å². The molecule has 0 heterocycles. The number of sulfonamides is 1. The SMILES string of the molecule is C#CCN(C)Cc1ccc(N)cc1.C#CCN(C)Cc1ccc(NCC(=O)OCC)cc1.C#CCN(C)Cc1ccc(NCC(N)=O)cc1.C#CCN(C)Cc1ccc(NS(C)(=O)=O)cc1.C#CCN(C)Cc1ccc([N+](=O)[O-])cc1.O=Cc1ccc([N+](=O)[O-])cc1. The Labute approximate surface area is 543 Å². The van der Waals surface area contributed by atoms with Crippen molar-refractivity contribution in [1.29, 1.82) is 0 Å². The summed E-state index contributed by atoms with van der Waals surface area (Å²) in [6, 6.07) is 42.7. The van der Waals surface area contributed by atoms with Crippen LogP contribution < -0.4 is 26.8 Å². The van der Waals surface area contributed by atoms with Gasteiger partial charge >= 0.3 is 5.97 Å². The molecule has 0 aliphatic rings. The molecule has 0 spiro atoms. The first-order valence-corrected chi connectivity index (χ1v) is 30.2. The number of esters is 1. The summed E-state index contributed by atoms with van der Waals surface area (Å²) in [6.07, 6.45) is 27.8. The molecule has 6 aromatic carbocycles. The molecule has 0 radical (unpaired) electrons. The molecule has 6 aromatic rings. The van der Waals surface area contributed by atoms with E-state index in [-0.39, 0.29) is 36.3 Å². The lowest BCUT2D eigenvalue weighted by Crippen LogP contribution is -2.21. The predicted molar refractivity (Wildman–Crippen MR) is 369 cm³/mol. The van der Waals surface area contributed by atoms with Gasteiger partial charge in [-0.05, 0) is 131 Å². The fourth-order valence-corrected chi connectivity index (χ4v) is 8.13. The Morgan fingerprint density at radius 2 is 0.793 bits per heavy atom. The van der Waals surface area contributed by atoms with Crippen molar-refractivity contribution in [2.45, 2.75) is 39.6 Å². The molecule has 1 amide bonds. The molecule has 0 atom stereocenters. The number of benzene rings is 6. The first-order chi connectivity index (χ1) is 43.8. The van der Waals surface area contributed by atoms with Crippen LogP contribution in [0.3, 0.4) is 0 Å². The Morgan fingerprint density at radius 1 is 0.511 bits per heavy atom. The van der Waals surface area contributed by atoms with Gasteiger partial charge in [-0.3, -0.25) is 63.8 Å². The van der Waals surface area contributed by atoms with Crippen LogP contribution in [0.4, 0.5) is 34.1 Å². The number of terminal acetylenes is 5. The number of amides is 1. The van der Waals surface area contributed by atoms with E-state index in [4.69, 9.17) is 48.3 Å². The van der Waals surface area contributed by atoms with E-state index in [1.54, 1.807) is 31.2 Å². The maximum Gasteiger partial charge on any atom is 0.325 e. The molecule has 0 aliphatic heterocycles. The van der Waals surface area contributed by atoms with Crippen LogP contribution in [0.25, 0.3) is 0 Å². The molecule has 6 rings (SSSR count). The minimum absolute atomic E-state index is 0.00407. The van der Waals surface area contributed by atoms with Crippen LogP contribution in [0.15, 0.2) is 146 Å². The zero-order valence-electron chi connectivity index (χ0n) is 53.3. The van der Waals surface area contributed by atoms with Gasteiger partial charge in [0.25, 0.3) is 11.4 Å². The van der Waals surface area contributed by atoms with Crippen molar-refractivity contribution < 1.29 is 37.4 Å². The lowest BCUT2D eigenvalue weighted by atomic mass is 10.2. The number of nitrogens with two attached hydrogens (primary N) is 2. The van der Waals surface area contributed by atoms with Gasteiger partial charge < -0.3 is 26.8 Å². The van der Waals surface area contributed by atoms with Crippen molar-refractivity contribution in [1.82, 2.24) is 24.5 Å². The van der Waals surface area contributed by atoms with Crippen molar-refractivity contribution in [2.24, 2.45) is 5.73 Å². The van der Waals surface area contributed by atoms with Gasteiger partial charge in [0.1, 0.15) is 12.8 Å². The molecule has 0 saturated heterocycles. The number of hydrogen-bond acceptors (Lipinski definition) is 18. The van der Waals surface area contributed by atoms with Crippen molar-refractivity contribution in [2.75, 3.05) is 115 Å². The number of nitrogen functional groups attached to an aromatic ring is 1. The number of nitro groups is 2. The third-order valence-electron chi connectivity index (χ3n) is 11.8. The summed E-state index contributed by atoms with van der Waals surface area (Å²) in [4.78, 5) is 61.6. The second kappa shape index (κ2) is 45.7. The van der Waals surface area contributed by atoms with Crippen LogP contribution in [-0.4, -0.2) is 155 Å². The lowest BCUT2D eigenvalue weighted by molar-refractivity contribution is -0.385. The highest BCUT2D eigenvalue weighted by atomic mass is 32.2. The highest BCUT2D eigenvalue weighted by molar-refractivity contribution is 7.92. The molecule has 0 saturated carbocycles. The van der Waals surface area contributed by atoms with E-state index in [2.05, 4.69) is 54.8 Å². The van der Waals surface area contributed by atoms with Crippen LogP contribution in [-0.2, 0) is 57.1 Å². The van der Waals surface area contributed by atoms with E-state index in [1.807, 2.05) is 135 Å². The summed E-state index contributed by atoms with van der Waals surface area (Å²) in [5.74, 6) is 12.3. The molecule has 0 aliphatic carbocycles. The molecule has 0 unspecified atom stereocenters. The topological polar surface area (TPSA) is 285 Å². The quantitative estimate of drug-likeness (QED) is 0.00818. The number of rotatable bonds is 27. The summed E-state index contributed by atoms with van der Waals surface area (Å²) in [5, 5.41) is 26.5. The fourth-order valence-electron chi connectivity index (χ4n) is 7.56. The number of nitrogens with one attached hydrogen (secondary N) is 3. The summed E-state index contributed by atoms with van der Waals surface area (Å²) in [5.41, 5.74) is 20.0.